The molecule has 2 heterocycles. The molecule has 6 heteroatoms. The highest BCUT2D eigenvalue weighted by atomic mass is 16.2. The minimum absolute atomic E-state index is 0.0832. The first kappa shape index (κ1) is 22.3. The van der Waals surface area contributed by atoms with Crippen LogP contribution in [0.25, 0.3) is 0 Å². The Balaban J connectivity index is 1.22. The summed E-state index contributed by atoms with van der Waals surface area (Å²) in [7, 11) is 0. The van der Waals surface area contributed by atoms with Crippen LogP contribution in [0.15, 0.2) is 18.2 Å². The van der Waals surface area contributed by atoms with E-state index in [1.165, 1.54) is 53.9 Å². The van der Waals surface area contributed by atoms with E-state index in [0.717, 1.165) is 49.9 Å². The summed E-state index contributed by atoms with van der Waals surface area (Å²) in [4.78, 5) is 30.6. The zero-order valence-corrected chi connectivity index (χ0v) is 19.3. The Morgan fingerprint density at radius 3 is 2.42 bits per heavy atom. The van der Waals surface area contributed by atoms with E-state index < -0.39 is 0 Å². The number of quaternary nitrogens is 2. The van der Waals surface area contributed by atoms with Crippen LogP contribution in [0, 0.1) is 19.8 Å². The van der Waals surface area contributed by atoms with Gasteiger partial charge in [-0.2, -0.15) is 0 Å². The SMILES string of the molecule is Cc1cccc(NC(=O)C[NH+]2CC[NH+](CC(=O)N3CCC[C@@H]4CCCC[C@H]43)CC2)c1C. The van der Waals surface area contributed by atoms with E-state index >= 15 is 0 Å². The van der Waals surface area contributed by atoms with Gasteiger partial charge in [-0.25, -0.2) is 0 Å². The van der Waals surface area contributed by atoms with Crippen LogP contribution in [-0.2, 0) is 9.59 Å². The van der Waals surface area contributed by atoms with Gasteiger partial charge in [0.15, 0.2) is 13.1 Å². The van der Waals surface area contributed by atoms with Gasteiger partial charge in [-0.15, -0.1) is 0 Å². The number of hydrogen-bond donors (Lipinski definition) is 3. The van der Waals surface area contributed by atoms with Gasteiger partial charge in [0.1, 0.15) is 26.2 Å². The Labute approximate surface area is 187 Å². The Kier molecular flexibility index (Phi) is 7.28. The number of carbonyl (C=O) groups is 2. The summed E-state index contributed by atoms with van der Waals surface area (Å²) in [6.45, 7) is 10.1. The van der Waals surface area contributed by atoms with Crippen LogP contribution >= 0.6 is 0 Å². The van der Waals surface area contributed by atoms with Crippen molar-refractivity contribution in [1.82, 2.24) is 4.90 Å². The van der Waals surface area contributed by atoms with Gasteiger partial charge < -0.3 is 20.0 Å². The third kappa shape index (κ3) is 5.47. The number of likely N-dealkylation sites (tertiary alicyclic amines) is 1. The molecule has 3 N–H and O–H groups in total. The maximum Gasteiger partial charge on any atom is 0.279 e. The van der Waals surface area contributed by atoms with Crippen molar-refractivity contribution in [1.29, 1.82) is 0 Å². The number of hydrogen-bond acceptors (Lipinski definition) is 2. The first-order chi connectivity index (χ1) is 15.0. The number of nitrogens with one attached hydrogen (secondary N) is 3. The van der Waals surface area contributed by atoms with E-state index in [2.05, 4.69) is 30.1 Å². The van der Waals surface area contributed by atoms with Crippen LogP contribution in [0.3, 0.4) is 0 Å². The molecule has 0 spiro atoms. The average molecular weight is 429 g/mol. The fourth-order valence-electron chi connectivity index (χ4n) is 5.87. The molecule has 4 rings (SSSR count). The smallest absolute Gasteiger partial charge is 0.279 e. The Bertz CT molecular complexity index is 786. The Hall–Kier alpha value is -1.92. The number of carbonyl (C=O) groups excluding carboxylic acids is 2. The van der Waals surface area contributed by atoms with E-state index in [1.807, 2.05) is 12.1 Å². The summed E-state index contributed by atoms with van der Waals surface area (Å²) in [5.41, 5.74) is 3.25. The second-order valence-electron chi connectivity index (χ2n) is 9.99. The van der Waals surface area contributed by atoms with E-state index in [0.29, 0.717) is 25.0 Å². The van der Waals surface area contributed by atoms with Crippen molar-refractivity contribution >= 4 is 17.5 Å². The number of piperazine rings is 1. The lowest BCUT2D eigenvalue weighted by atomic mass is 9.78. The lowest BCUT2D eigenvalue weighted by Crippen LogP contribution is -3.28. The molecule has 1 aliphatic carbocycles. The van der Waals surface area contributed by atoms with Crippen LogP contribution in [0.2, 0.25) is 0 Å². The van der Waals surface area contributed by atoms with Crippen LogP contribution in [0.5, 0.6) is 0 Å². The van der Waals surface area contributed by atoms with E-state index in [4.69, 9.17) is 0 Å². The Morgan fingerprint density at radius 1 is 0.968 bits per heavy atom. The normalized spacial score (nSPS) is 28.6. The summed E-state index contributed by atoms with van der Waals surface area (Å²) in [6.07, 6.45) is 7.63. The number of rotatable bonds is 5. The molecule has 3 aliphatic rings. The molecule has 1 aromatic carbocycles. The van der Waals surface area contributed by atoms with Crippen LogP contribution in [-0.4, -0.2) is 68.6 Å². The zero-order valence-electron chi connectivity index (χ0n) is 19.3. The number of nitrogens with zero attached hydrogens (tertiary/aromatic N) is 1. The molecule has 0 radical (unpaired) electrons. The van der Waals surface area contributed by atoms with Crippen LogP contribution < -0.4 is 15.1 Å². The monoisotopic (exact) mass is 428 g/mol. The molecule has 0 aromatic heterocycles. The van der Waals surface area contributed by atoms with Crippen molar-refractivity contribution in [3.05, 3.63) is 29.3 Å². The number of piperidine rings is 1. The molecule has 0 unspecified atom stereocenters. The van der Waals surface area contributed by atoms with Gasteiger partial charge in [0.05, 0.1) is 0 Å². The molecular weight excluding hydrogens is 388 g/mol. The molecule has 1 aromatic rings. The minimum Gasteiger partial charge on any atom is -0.335 e. The lowest BCUT2D eigenvalue weighted by molar-refractivity contribution is -1.00. The molecule has 2 atom stereocenters. The van der Waals surface area contributed by atoms with E-state index in [-0.39, 0.29) is 5.91 Å². The van der Waals surface area contributed by atoms with Gasteiger partial charge >= 0.3 is 0 Å². The molecular formula is C25H40N4O2+2. The lowest BCUT2D eigenvalue weighted by Gasteiger charge is -2.44. The predicted octanol–water partition coefficient (Wildman–Crippen LogP) is 0.207. The quantitative estimate of drug-likeness (QED) is 0.628. The number of anilines is 1. The van der Waals surface area contributed by atoms with Crippen LogP contribution in [0.1, 0.15) is 49.7 Å². The highest BCUT2D eigenvalue weighted by Crippen LogP contribution is 2.35. The summed E-state index contributed by atoms with van der Waals surface area (Å²) in [5.74, 6) is 1.20. The molecule has 3 fully saturated rings. The van der Waals surface area contributed by atoms with Gasteiger partial charge in [0.25, 0.3) is 11.8 Å². The maximum atomic E-state index is 13.1. The summed E-state index contributed by atoms with van der Waals surface area (Å²) in [5, 5.41) is 3.08. The van der Waals surface area contributed by atoms with E-state index in [1.54, 1.807) is 0 Å². The van der Waals surface area contributed by atoms with Gasteiger partial charge in [-0.05, 0) is 62.6 Å². The fourth-order valence-corrected chi connectivity index (χ4v) is 5.87. The third-order valence-electron chi connectivity index (χ3n) is 7.92. The summed E-state index contributed by atoms with van der Waals surface area (Å²) >= 11 is 0. The topological polar surface area (TPSA) is 58.3 Å². The van der Waals surface area contributed by atoms with Crippen molar-refractivity contribution in [3.63, 3.8) is 0 Å². The second kappa shape index (κ2) is 10.1. The summed E-state index contributed by atoms with van der Waals surface area (Å²) < 4.78 is 0. The van der Waals surface area contributed by atoms with Gasteiger partial charge in [0.2, 0.25) is 0 Å². The molecule has 1 saturated carbocycles. The van der Waals surface area contributed by atoms with Crippen molar-refractivity contribution in [2.45, 2.75) is 58.4 Å². The highest BCUT2D eigenvalue weighted by molar-refractivity contribution is 5.92. The van der Waals surface area contributed by atoms with Crippen molar-refractivity contribution in [3.8, 4) is 0 Å². The van der Waals surface area contributed by atoms with Crippen LogP contribution in [0.4, 0.5) is 5.69 Å². The van der Waals surface area contributed by atoms with Crippen molar-refractivity contribution < 1.29 is 19.4 Å². The first-order valence-electron chi connectivity index (χ1n) is 12.3. The number of fused-ring (bicyclic) bond motifs is 1. The molecule has 170 valence electrons. The highest BCUT2D eigenvalue weighted by Gasteiger charge is 2.37. The number of aryl methyl sites for hydroxylation is 1. The molecule has 6 nitrogen and oxygen atoms in total. The maximum absolute atomic E-state index is 13.1. The van der Waals surface area contributed by atoms with Crippen molar-refractivity contribution in [2.75, 3.05) is 51.1 Å². The van der Waals surface area contributed by atoms with Gasteiger partial charge in [-0.1, -0.05) is 25.0 Å². The summed E-state index contributed by atoms with van der Waals surface area (Å²) in [6, 6.07) is 6.54. The largest absolute Gasteiger partial charge is 0.335 e. The fraction of sp³-hybridized carbons (Fsp3) is 0.680. The number of benzene rings is 1. The molecule has 2 amide bonds. The van der Waals surface area contributed by atoms with Gasteiger partial charge in [-0.3, -0.25) is 9.59 Å². The predicted molar refractivity (Wildman–Crippen MR) is 122 cm³/mol. The number of amides is 2. The van der Waals surface area contributed by atoms with Crippen molar-refractivity contribution in [2.24, 2.45) is 5.92 Å². The van der Waals surface area contributed by atoms with Gasteiger partial charge in [0, 0.05) is 18.3 Å². The zero-order chi connectivity index (χ0) is 21.8. The Morgan fingerprint density at radius 2 is 1.65 bits per heavy atom. The third-order valence-corrected chi connectivity index (χ3v) is 7.92. The average Bonchev–Trinajstić information content (AvgIpc) is 2.78. The molecule has 0 bridgehead atoms. The van der Waals surface area contributed by atoms with E-state index in [9.17, 15) is 9.59 Å². The first-order valence-corrected chi connectivity index (χ1v) is 12.3. The second-order valence-corrected chi connectivity index (χ2v) is 9.99. The molecule has 2 saturated heterocycles. The molecule has 31 heavy (non-hydrogen) atoms. The molecule has 2 aliphatic heterocycles. The minimum atomic E-state index is 0.0832. The standard InChI is InChI=1S/C25H38N4O2/c1-19-7-5-10-22(20(19)2)26-24(30)17-27-13-15-28(16-14-27)18-25(31)29-12-6-9-21-8-3-4-11-23(21)29/h5,7,10,21,23H,3-4,6,8-9,11-18H2,1-2H3,(H,26,30)/p+2/t21-,23+/m0/s1.